The molecule has 0 spiro atoms. The maximum Gasteiger partial charge on any atom is 0.407 e. The van der Waals surface area contributed by atoms with Crippen LogP contribution in [0.2, 0.25) is 10.0 Å². The fourth-order valence-corrected chi connectivity index (χ4v) is 7.66. The molecule has 11 nitrogen and oxygen atoms in total. The number of piperidine rings is 2. The molecule has 13 heteroatoms. The highest BCUT2D eigenvalue weighted by Gasteiger charge is 2.43. The van der Waals surface area contributed by atoms with Crippen LogP contribution in [-0.2, 0) is 11.2 Å². The Kier molecular flexibility index (Phi) is 10.0. The molecule has 3 aliphatic rings. The number of benzene rings is 2. The third kappa shape index (κ3) is 7.12. The minimum absolute atomic E-state index is 0.0784. The summed E-state index contributed by atoms with van der Waals surface area (Å²) in [5, 5.41) is 15.7. The smallest absolute Gasteiger partial charge is 0.407 e. The summed E-state index contributed by atoms with van der Waals surface area (Å²) in [6.45, 7) is 5.10. The zero-order chi connectivity index (χ0) is 32.4. The van der Waals surface area contributed by atoms with Gasteiger partial charge in [0.2, 0.25) is 5.91 Å². The van der Waals surface area contributed by atoms with E-state index in [1.807, 2.05) is 41.3 Å². The van der Waals surface area contributed by atoms with Gasteiger partial charge in [-0.2, -0.15) is 0 Å². The second kappa shape index (κ2) is 14.2. The molecule has 6 rings (SSSR count). The van der Waals surface area contributed by atoms with Crippen LogP contribution < -0.4 is 5.69 Å². The van der Waals surface area contributed by atoms with Crippen LogP contribution in [0.25, 0.3) is 11.4 Å². The number of aromatic amines is 1. The van der Waals surface area contributed by atoms with Gasteiger partial charge in [-0.25, -0.2) is 14.3 Å². The molecule has 46 heavy (non-hydrogen) atoms. The maximum absolute atomic E-state index is 14.5. The molecule has 3 saturated heterocycles. The van der Waals surface area contributed by atoms with Crippen LogP contribution in [0.1, 0.15) is 37.3 Å². The first-order valence-electron chi connectivity index (χ1n) is 16.1. The molecule has 246 valence electrons. The van der Waals surface area contributed by atoms with E-state index in [9.17, 15) is 19.5 Å². The van der Waals surface area contributed by atoms with Crippen LogP contribution in [0.4, 0.5) is 4.79 Å². The van der Waals surface area contributed by atoms with Gasteiger partial charge in [0, 0.05) is 50.4 Å². The van der Waals surface area contributed by atoms with Gasteiger partial charge in [0.05, 0.1) is 22.0 Å². The van der Waals surface area contributed by atoms with Gasteiger partial charge in [0.15, 0.2) is 5.82 Å². The van der Waals surface area contributed by atoms with Gasteiger partial charge in [-0.15, -0.1) is 5.10 Å². The zero-order valence-corrected chi connectivity index (χ0v) is 27.5. The average molecular weight is 671 g/mol. The van der Waals surface area contributed by atoms with Gasteiger partial charge in [-0.3, -0.25) is 14.7 Å². The van der Waals surface area contributed by atoms with Gasteiger partial charge in [0.1, 0.15) is 0 Å². The van der Waals surface area contributed by atoms with Crippen LogP contribution in [0.5, 0.6) is 0 Å². The Morgan fingerprint density at radius 1 is 0.935 bits per heavy atom. The lowest BCUT2D eigenvalue weighted by molar-refractivity contribution is -0.140. The lowest BCUT2D eigenvalue weighted by Gasteiger charge is -2.45. The summed E-state index contributed by atoms with van der Waals surface area (Å²) in [7, 11) is 2.15. The van der Waals surface area contributed by atoms with Gasteiger partial charge in [-0.05, 0) is 69.9 Å². The Morgan fingerprint density at radius 2 is 1.63 bits per heavy atom. The molecule has 0 bridgehead atoms. The van der Waals surface area contributed by atoms with E-state index < -0.39 is 18.1 Å². The lowest BCUT2D eigenvalue weighted by atomic mass is 9.83. The van der Waals surface area contributed by atoms with Crippen molar-refractivity contribution < 1.29 is 14.7 Å². The quantitative estimate of drug-likeness (QED) is 0.385. The standard InChI is InChI=1S/C33H41Cl2N7O4/c1-38-12-9-24(10-13-38)39-15-17-40(18-16-39)31(43)26(19-22-7-8-27(34)28(35)20-22)29-21-25(11-14-41(29)33(45)46)42-32(44)36-30(37-42)23-5-3-2-4-6-23/h2-8,20,24-26,29H,9-19,21H2,1H3,(H,45,46)(H,36,37,44)/t25?,26?,29-/m1/s1. The maximum atomic E-state index is 14.5. The zero-order valence-electron chi connectivity index (χ0n) is 26.0. The summed E-state index contributed by atoms with van der Waals surface area (Å²) in [6.07, 6.45) is 2.14. The van der Waals surface area contributed by atoms with Gasteiger partial charge in [0.25, 0.3) is 0 Å². The fraction of sp³-hybridized carbons (Fsp3) is 0.515. The Hall–Kier alpha value is -3.38. The normalized spacial score (nSPS) is 22.6. The largest absolute Gasteiger partial charge is 0.465 e. The molecular formula is C33H41Cl2N7O4. The first-order chi connectivity index (χ1) is 22.2. The summed E-state index contributed by atoms with van der Waals surface area (Å²) < 4.78 is 1.43. The van der Waals surface area contributed by atoms with E-state index in [2.05, 4.69) is 26.9 Å². The van der Waals surface area contributed by atoms with E-state index in [1.165, 1.54) is 9.58 Å². The van der Waals surface area contributed by atoms with E-state index in [4.69, 9.17) is 23.2 Å². The summed E-state index contributed by atoms with van der Waals surface area (Å²) in [4.78, 5) is 51.2. The van der Waals surface area contributed by atoms with E-state index in [-0.39, 0.29) is 37.0 Å². The third-order valence-corrected chi connectivity index (χ3v) is 10.7. The molecule has 2 amide bonds. The highest BCUT2D eigenvalue weighted by atomic mass is 35.5. The molecule has 2 N–H and O–H groups in total. The Labute approximate surface area is 278 Å². The van der Waals surface area contributed by atoms with Crippen molar-refractivity contribution in [3.63, 3.8) is 0 Å². The Balaban J connectivity index is 1.26. The minimum Gasteiger partial charge on any atom is -0.465 e. The summed E-state index contributed by atoms with van der Waals surface area (Å²) >= 11 is 12.6. The molecule has 0 saturated carbocycles. The van der Waals surface area contributed by atoms with E-state index in [0.717, 1.165) is 50.1 Å². The SMILES string of the molecule is CN1CCC(N2CCN(C(=O)C(Cc3ccc(Cl)c(Cl)c3)[C@H]3CC(n4nc(-c5ccccc5)[nH]c4=O)CCN3C(=O)O)CC2)CC1. The summed E-state index contributed by atoms with van der Waals surface area (Å²) in [5.74, 6) is -0.312. The summed E-state index contributed by atoms with van der Waals surface area (Å²) in [5.41, 5.74) is 1.22. The molecule has 3 aromatic rings. The number of amides is 2. The number of nitrogens with zero attached hydrogens (tertiary/aromatic N) is 6. The van der Waals surface area contributed by atoms with Gasteiger partial charge >= 0.3 is 11.8 Å². The van der Waals surface area contributed by atoms with E-state index in [0.29, 0.717) is 41.4 Å². The number of halogens is 2. The molecule has 3 aliphatic heterocycles. The molecule has 4 heterocycles. The van der Waals surface area contributed by atoms with Crippen LogP contribution in [-0.4, -0.2) is 116 Å². The number of aromatic nitrogens is 3. The minimum atomic E-state index is -1.08. The molecule has 3 atom stereocenters. The van der Waals surface area contributed by atoms with Crippen molar-refractivity contribution in [1.82, 2.24) is 34.4 Å². The number of carboxylic acid groups (broad SMARTS) is 1. The number of likely N-dealkylation sites (tertiary alicyclic amines) is 2. The highest BCUT2D eigenvalue weighted by Crippen LogP contribution is 2.34. The van der Waals surface area contributed by atoms with Crippen molar-refractivity contribution in [3.8, 4) is 11.4 Å². The van der Waals surface area contributed by atoms with Crippen molar-refractivity contribution >= 4 is 35.2 Å². The second-order valence-electron chi connectivity index (χ2n) is 12.8. The number of H-pyrrole nitrogens is 1. The van der Waals surface area contributed by atoms with E-state index in [1.54, 1.807) is 12.1 Å². The molecule has 0 aliphatic carbocycles. The first-order valence-corrected chi connectivity index (χ1v) is 16.8. The van der Waals surface area contributed by atoms with Gasteiger partial charge in [-0.1, -0.05) is 59.6 Å². The Morgan fingerprint density at radius 3 is 2.30 bits per heavy atom. The molecule has 2 aromatic carbocycles. The third-order valence-electron chi connectivity index (χ3n) is 9.95. The predicted molar refractivity (Wildman–Crippen MR) is 177 cm³/mol. The average Bonchev–Trinajstić information content (AvgIpc) is 3.47. The number of hydrogen-bond donors (Lipinski definition) is 2. The topological polar surface area (TPSA) is 118 Å². The van der Waals surface area contributed by atoms with Crippen molar-refractivity contribution in [3.05, 3.63) is 74.6 Å². The number of carbonyl (C=O) groups excluding carboxylic acids is 1. The molecule has 1 aromatic heterocycles. The molecule has 3 fully saturated rings. The predicted octanol–water partition coefficient (Wildman–Crippen LogP) is 4.33. The summed E-state index contributed by atoms with van der Waals surface area (Å²) in [6, 6.07) is 14.1. The molecule has 0 radical (unpaired) electrons. The van der Waals surface area contributed by atoms with Crippen LogP contribution in [0.3, 0.4) is 0 Å². The fourth-order valence-electron chi connectivity index (χ4n) is 7.34. The monoisotopic (exact) mass is 669 g/mol. The first kappa shape index (κ1) is 32.6. The number of carbonyl (C=O) groups is 2. The van der Waals surface area contributed by atoms with Crippen LogP contribution in [0.15, 0.2) is 53.3 Å². The van der Waals surface area contributed by atoms with E-state index >= 15 is 0 Å². The number of piperazine rings is 1. The molecular weight excluding hydrogens is 629 g/mol. The number of hydrogen-bond acceptors (Lipinski definition) is 6. The number of rotatable bonds is 7. The lowest BCUT2D eigenvalue weighted by Crippen LogP contribution is -2.58. The number of nitrogens with one attached hydrogen (secondary N) is 1. The molecule has 2 unspecified atom stereocenters. The van der Waals surface area contributed by atoms with Crippen LogP contribution >= 0.6 is 23.2 Å². The van der Waals surface area contributed by atoms with Crippen LogP contribution in [0, 0.1) is 5.92 Å². The second-order valence-corrected chi connectivity index (χ2v) is 13.6. The highest BCUT2D eigenvalue weighted by molar-refractivity contribution is 6.42. The Bertz CT molecular complexity index is 1580. The van der Waals surface area contributed by atoms with Crippen molar-refractivity contribution in [2.24, 2.45) is 5.92 Å². The van der Waals surface area contributed by atoms with Crippen molar-refractivity contribution in [2.45, 2.75) is 50.2 Å². The van der Waals surface area contributed by atoms with Crippen molar-refractivity contribution in [1.29, 1.82) is 0 Å². The van der Waals surface area contributed by atoms with Gasteiger partial charge < -0.3 is 19.8 Å². The van der Waals surface area contributed by atoms with Crippen molar-refractivity contribution in [2.75, 3.05) is 52.9 Å².